The van der Waals surface area contributed by atoms with Gasteiger partial charge in [-0.3, -0.25) is 0 Å². The summed E-state index contributed by atoms with van der Waals surface area (Å²) in [6.45, 7) is 4.98. The molecule has 2 rings (SSSR count). The molecule has 1 aliphatic rings. The normalized spacial score (nSPS) is 26.9. The van der Waals surface area contributed by atoms with Crippen molar-refractivity contribution in [1.82, 2.24) is 5.32 Å². The summed E-state index contributed by atoms with van der Waals surface area (Å²) in [4.78, 5) is 0. The maximum absolute atomic E-state index is 9.75. The highest BCUT2D eigenvalue weighted by Gasteiger charge is 2.25. The highest BCUT2D eigenvalue weighted by atomic mass is 16.5. The monoisotopic (exact) mass is 221 g/mol. The first-order valence-corrected chi connectivity index (χ1v) is 5.84. The van der Waals surface area contributed by atoms with E-state index in [9.17, 15) is 5.11 Å². The van der Waals surface area contributed by atoms with Crippen LogP contribution in [0.4, 0.5) is 0 Å². The quantitative estimate of drug-likeness (QED) is 0.822. The van der Waals surface area contributed by atoms with Crippen LogP contribution in [-0.4, -0.2) is 23.9 Å². The van der Waals surface area contributed by atoms with Crippen molar-refractivity contribution in [1.29, 1.82) is 0 Å². The van der Waals surface area contributed by atoms with Gasteiger partial charge in [-0.15, -0.1) is 0 Å². The molecule has 3 unspecified atom stereocenters. The van der Waals surface area contributed by atoms with E-state index in [-0.39, 0.29) is 12.1 Å². The zero-order valence-electron chi connectivity index (χ0n) is 9.81. The Labute approximate surface area is 96.4 Å². The standard InChI is InChI=1S/C13H19NO2/c1-9(11-5-3-4-6-13(11)15)14-12-7-8-16-10(12)2/h3-6,9-10,12,14-15H,7-8H2,1-2H3. The number of ether oxygens (including phenoxy) is 1. The van der Waals surface area contributed by atoms with Crippen LogP contribution in [0.5, 0.6) is 5.75 Å². The zero-order chi connectivity index (χ0) is 11.5. The minimum absolute atomic E-state index is 0.148. The molecular weight excluding hydrogens is 202 g/mol. The van der Waals surface area contributed by atoms with E-state index in [1.807, 2.05) is 18.2 Å². The minimum Gasteiger partial charge on any atom is -0.508 e. The summed E-state index contributed by atoms with van der Waals surface area (Å²) in [6.07, 6.45) is 1.30. The van der Waals surface area contributed by atoms with Gasteiger partial charge < -0.3 is 15.2 Å². The number of para-hydroxylation sites is 1. The summed E-state index contributed by atoms with van der Waals surface area (Å²) in [5.74, 6) is 0.356. The first-order valence-electron chi connectivity index (χ1n) is 5.84. The third kappa shape index (κ3) is 2.36. The molecular formula is C13H19NO2. The molecule has 0 bridgehead atoms. The van der Waals surface area contributed by atoms with Gasteiger partial charge >= 0.3 is 0 Å². The smallest absolute Gasteiger partial charge is 0.120 e. The Morgan fingerprint density at radius 3 is 2.81 bits per heavy atom. The molecule has 1 heterocycles. The molecule has 0 aliphatic carbocycles. The average molecular weight is 221 g/mol. The molecule has 3 nitrogen and oxygen atoms in total. The van der Waals surface area contributed by atoms with Crippen LogP contribution in [0.25, 0.3) is 0 Å². The topological polar surface area (TPSA) is 41.5 Å². The molecule has 0 aromatic heterocycles. The SMILES string of the molecule is CC(NC1CCOC1C)c1ccccc1O. The van der Waals surface area contributed by atoms with E-state index in [1.165, 1.54) is 0 Å². The molecule has 2 N–H and O–H groups in total. The Bertz CT molecular complexity index is 354. The second-order valence-corrected chi connectivity index (χ2v) is 4.42. The molecule has 1 aliphatic heterocycles. The Morgan fingerprint density at radius 2 is 2.19 bits per heavy atom. The van der Waals surface area contributed by atoms with Crippen molar-refractivity contribution in [3.05, 3.63) is 29.8 Å². The molecule has 0 saturated carbocycles. The van der Waals surface area contributed by atoms with Crippen LogP contribution < -0.4 is 5.32 Å². The molecule has 0 amide bonds. The molecule has 1 fully saturated rings. The Kier molecular flexibility index (Phi) is 3.46. The predicted octanol–water partition coefficient (Wildman–Crippen LogP) is 2.22. The summed E-state index contributed by atoms with van der Waals surface area (Å²) < 4.78 is 5.51. The van der Waals surface area contributed by atoms with Crippen molar-refractivity contribution >= 4 is 0 Å². The van der Waals surface area contributed by atoms with Crippen LogP contribution >= 0.6 is 0 Å². The third-order valence-corrected chi connectivity index (χ3v) is 3.24. The Balaban J connectivity index is 2.03. The van der Waals surface area contributed by atoms with Crippen LogP contribution in [0.3, 0.4) is 0 Å². The van der Waals surface area contributed by atoms with Gasteiger partial charge in [-0.25, -0.2) is 0 Å². The van der Waals surface area contributed by atoms with Gasteiger partial charge in [-0.1, -0.05) is 18.2 Å². The van der Waals surface area contributed by atoms with Gasteiger partial charge in [0, 0.05) is 24.3 Å². The van der Waals surface area contributed by atoms with E-state index < -0.39 is 0 Å². The fourth-order valence-electron chi connectivity index (χ4n) is 2.22. The number of hydrogen-bond donors (Lipinski definition) is 2. The van der Waals surface area contributed by atoms with E-state index in [4.69, 9.17) is 4.74 Å². The highest BCUT2D eigenvalue weighted by molar-refractivity contribution is 5.34. The van der Waals surface area contributed by atoms with Crippen molar-refractivity contribution in [2.24, 2.45) is 0 Å². The summed E-state index contributed by atoms with van der Waals surface area (Å²) in [5.41, 5.74) is 0.946. The molecule has 3 atom stereocenters. The van der Waals surface area contributed by atoms with Crippen LogP contribution in [0.15, 0.2) is 24.3 Å². The predicted molar refractivity (Wildman–Crippen MR) is 63.5 cm³/mol. The molecule has 88 valence electrons. The first kappa shape index (κ1) is 11.4. The number of phenols is 1. The maximum atomic E-state index is 9.75. The lowest BCUT2D eigenvalue weighted by molar-refractivity contribution is 0.111. The van der Waals surface area contributed by atoms with Crippen LogP contribution in [0.1, 0.15) is 31.9 Å². The Morgan fingerprint density at radius 1 is 1.44 bits per heavy atom. The fraction of sp³-hybridized carbons (Fsp3) is 0.538. The van der Waals surface area contributed by atoms with E-state index in [0.717, 1.165) is 18.6 Å². The first-order chi connectivity index (χ1) is 7.68. The third-order valence-electron chi connectivity index (χ3n) is 3.24. The van der Waals surface area contributed by atoms with Gasteiger partial charge in [0.2, 0.25) is 0 Å². The molecule has 1 aromatic rings. The van der Waals surface area contributed by atoms with Gasteiger partial charge in [-0.05, 0) is 26.3 Å². The molecule has 1 saturated heterocycles. The summed E-state index contributed by atoms with van der Waals surface area (Å²) in [5, 5.41) is 13.3. The second kappa shape index (κ2) is 4.85. The number of aromatic hydroxyl groups is 1. The van der Waals surface area contributed by atoms with E-state index in [2.05, 4.69) is 19.2 Å². The summed E-state index contributed by atoms with van der Waals surface area (Å²) >= 11 is 0. The van der Waals surface area contributed by atoms with Gasteiger partial charge in [0.05, 0.1) is 6.10 Å². The molecule has 0 spiro atoms. The largest absolute Gasteiger partial charge is 0.508 e. The van der Waals surface area contributed by atoms with Gasteiger partial charge in [-0.2, -0.15) is 0 Å². The number of phenolic OH excluding ortho intramolecular Hbond substituents is 1. The number of nitrogens with one attached hydrogen (secondary N) is 1. The second-order valence-electron chi connectivity index (χ2n) is 4.42. The van der Waals surface area contributed by atoms with Crippen LogP contribution in [0.2, 0.25) is 0 Å². The molecule has 0 radical (unpaired) electrons. The average Bonchev–Trinajstić information content (AvgIpc) is 2.65. The highest BCUT2D eigenvalue weighted by Crippen LogP contribution is 2.25. The van der Waals surface area contributed by atoms with Gasteiger partial charge in [0.25, 0.3) is 0 Å². The maximum Gasteiger partial charge on any atom is 0.120 e. The molecule has 1 aromatic carbocycles. The number of rotatable bonds is 3. The van der Waals surface area contributed by atoms with Crippen molar-refractivity contribution in [2.45, 2.75) is 38.5 Å². The van der Waals surface area contributed by atoms with Crippen molar-refractivity contribution in [2.75, 3.05) is 6.61 Å². The van der Waals surface area contributed by atoms with Gasteiger partial charge in [0.15, 0.2) is 0 Å². The lowest BCUT2D eigenvalue weighted by Gasteiger charge is -2.22. The zero-order valence-corrected chi connectivity index (χ0v) is 9.81. The molecule has 3 heteroatoms. The van der Waals surface area contributed by atoms with E-state index >= 15 is 0 Å². The number of hydrogen-bond acceptors (Lipinski definition) is 3. The van der Waals surface area contributed by atoms with Crippen molar-refractivity contribution in [3.63, 3.8) is 0 Å². The van der Waals surface area contributed by atoms with Crippen LogP contribution in [0, 0.1) is 0 Å². The summed E-state index contributed by atoms with van der Waals surface area (Å²) in [6, 6.07) is 7.99. The van der Waals surface area contributed by atoms with Crippen molar-refractivity contribution in [3.8, 4) is 5.75 Å². The summed E-state index contributed by atoms with van der Waals surface area (Å²) in [7, 11) is 0. The lowest BCUT2D eigenvalue weighted by Crippen LogP contribution is -2.36. The van der Waals surface area contributed by atoms with E-state index in [0.29, 0.717) is 11.8 Å². The number of benzene rings is 1. The minimum atomic E-state index is 0.148. The van der Waals surface area contributed by atoms with Crippen LogP contribution in [-0.2, 0) is 4.74 Å². The Hall–Kier alpha value is -1.06. The lowest BCUT2D eigenvalue weighted by atomic mass is 10.0. The van der Waals surface area contributed by atoms with Crippen molar-refractivity contribution < 1.29 is 9.84 Å². The van der Waals surface area contributed by atoms with Gasteiger partial charge in [0.1, 0.15) is 5.75 Å². The fourth-order valence-corrected chi connectivity index (χ4v) is 2.22. The molecule has 16 heavy (non-hydrogen) atoms. The van der Waals surface area contributed by atoms with E-state index in [1.54, 1.807) is 6.07 Å².